The van der Waals surface area contributed by atoms with Crippen molar-refractivity contribution in [3.63, 3.8) is 0 Å². The van der Waals surface area contributed by atoms with Crippen molar-refractivity contribution in [2.45, 2.75) is 27.4 Å². The summed E-state index contributed by atoms with van der Waals surface area (Å²) >= 11 is 1.24. The first-order valence-electron chi connectivity index (χ1n) is 8.06. The molecule has 2 rings (SSSR count). The van der Waals surface area contributed by atoms with E-state index in [4.69, 9.17) is 4.74 Å². The number of hydrogen-bond acceptors (Lipinski definition) is 6. The number of thiophene rings is 1. The number of halogens is 2. The van der Waals surface area contributed by atoms with Gasteiger partial charge in [0, 0.05) is 17.5 Å². The van der Waals surface area contributed by atoms with Crippen LogP contribution < -0.4 is 15.4 Å². The van der Waals surface area contributed by atoms with Crippen molar-refractivity contribution in [3.05, 3.63) is 40.3 Å². The Bertz CT molecular complexity index is 881. The normalized spacial score (nSPS) is 10.5. The fourth-order valence-electron chi connectivity index (χ4n) is 2.24. The van der Waals surface area contributed by atoms with Gasteiger partial charge in [0.25, 0.3) is 5.91 Å². The number of aryl methyl sites for hydroxylation is 1. The third-order valence-electron chi connectivity index (χ3n) is 3.58. The summed E-state index contributed by atoms with van der Waals surface area (Å²) < 4.78 is 33.5. The quantitative estimate of drug-likeness (QED) is 0.676. The molecular weight excluding hydrogens is 394 g/mol. The number of carbonyl (C=O) groups is 3. The van der Waals surface area contributed by atoms with Crippen LogP contribution in [-0.2, 0) is 14.3 Å². The van der Waals surface area contributed by atoms with Gasteiger partial charge >= 0.3 is 12.6 Å². The molecule has 2 N–H and O–H groups in total. The van der Waals surface area contributed by atoms with E-state index in [1.807, 2.05) is 0 Å². The van der Waals surface area contributed by atoms with Gasteiger partial charge in [-0.1, -0.05) is 0 Å². The summed E-state index contributed by atoms with van der Waals surface area (Å²) in [5.41, 5.74) is 1.19. The molecule has 0 fully saturated rings. The second kappa shape index (κ2) is 9.27. The lowest BCUT2D eigenvalue weighted by Crippen LogP contribution is -2.21. The number of anilines is 2. The van der Waals surface area contributed by atoms with Gasteiger partial charge < -0.3 is 20.1 Å². The molecule has 0 aliphatic carbocycles. The zero-order valence-electron chi connectivity index (χ0n) is 15.3. The van der Waals surface area contributed by atoms with Crippen molar-refractivity contribution >= 4 is 39.8 Å². The van der Waals surface area contributed by atoms with E-state index in [1.165, 1.54) is 42.5 Å². The van der Waals surface area contributed by atoms with Gasteiger partial charge in [0.05, 0.1) is 5.56 Å². The highest BCUT2D eigenvalue weighted by atomic mass is 32.1. The molecule has 1 aromatic heterocycles. The molecule has 0 spiro atoms. The number of hydrogen-bond donors (Lipinski definition) is 2. The minimum absolute atomic E-state index is 0.0479. The van der Waals surface area contributed by atoms with E-state index in [9.17, 15) is 23.2 Å². The summed E-state index contributed by atoms with van der Waals surface area (Å²) in [5.74, 6) is -1.72. The number of carbonyl (C=O) groups excluding carboxylic acids is 3. The minimum Gasteiger partial charge on any atom is -0.452 e. The number of alkyl halides is 2. The molecule has 2 amide bonds. The van der Waals surface area contributed by atoms with Crippen LogP contribution in [0.25, 0.3) is 0 Å². The topological polar surface area (TPSA) is 93.7 Å². The summed E-state index contributed by atoms with van der Waals surface area (Å²) in [6.07, 6.45) is 0. The van der Waals surface area contributed by atoms with E-state index in [0.717, 1.165) is 4.88 Å². The van der Waals surface area contributed by atoms with Gasteiger partial charge in [-0.25, -0.2) is 4.79 Å². The molecule has 28 heavy (non-hydrogen) atoms. The molecule has 1 aromatic carbocycles. The number of amides is 2. The van der Waals surface area contributed by atoms with Crippen molar-refractivity contribution in [1.29, 1.82) is 0 Å². The maximum atomic E-state index is 12.4. The Hall–Kier alpha value is -3.01. The van der Waals surface area contributed by atoms with Crippen LogP contribution in [0, 0.1) is 13.8 Å². The van der Waals surface area contributed by atoms with Gasteiger partial charge in [-0.3, -0.25) is 9.59 Å². The lowest BCUT2D eigenvalue weighted by Gasteiger charge is -2.09. The standard InChI is InChI=1S/C18H18F2N2O5S/c1-9-10(2)28-16(21-11(3)23)15(9)17(25)26-8-14(24)22-12-4-6-13(7-5-12)27-18(19)20/h4-7,18H,8H2,1-3H3,(H,21,23)(H,22,24). The van der Waals surface area contributed by atoms with Gasteiger partial charge in [-0.15, -0.1) is 11.3 Å². The molecule has 1 heterocycles. The van der Waals surface area contributed by atoms with E-state index in [2.05, 4.69) is 15.4 Å². The number of nitrogens with one attached hydrogen (secondary N) is 2. The van der Waals surface area contributed by atoms with Gasteiger partial charge in [0.15, 0.2) is 6.61 Å². The van der Waals surface area contributed by atoms with Crippen LogP contribution in [0.15, 0.2) is 24.3 Å². The summed E-state index contributed by atoms with van der Waals surface area (Å²) in [4.78, 5) is 36.4. The van der Waals surface area contributed by atoms with Crippen LogP contribution >= 0.6 is 11.3 Å². The molecule has 0 bridgehead atoms. The third-order valence-corrected chi connectivity index (χ3v) is 4.70. The lowest BCUT2D eigenvalue weighted by atomic mass is 10.1. The Labute approximate surface area is 163 Å². The number of benzene rings is 1. The smallest absolute Gasteiger partial charge is 0.387 e. The summed E-state index contributed by atoms with van der Waals surface area (Å²) in [6.45, 7) is 1.35. The van der Waals surface area contributed by atoms with Crippen LogP contribution in [0.1, 0.15) is 27.7 Å². The number of rotatable bonds is 7. The molecule has 2 aromatic rings. The Morgan fingerprint density at radius 1 is 1.11 bits per heavy atom. The molecular formula is C18H18F2N2O5S. The maximum absolute atomic E-state index is 12.4. The molecule has 7 nitrogen and oxygen atoms in total. The van der Waals surface area contributed by atoms with Gasteiger partial charge in [0.2, 0.25) is 5.91 Å². The maximum Gasteiger partial charge on any atom is 0.387 e. The van der Waals surface area contributed by atoms with E-state index in [-0.39, 0.29) is 17.2 Å². The van der Waals surface area contributed by atoms with E-state index >= 15 is 0 Å². The molecule has 150 valence electrons. The van der Waals surface area contributed by atoms with E-state index in [1.54, 1.807) is 13.8 Å². The van der Waals surface area contributed by atoms with Gasteiger partial charge in [0.1, 0.15) is 10.8 Å². The van der Waals surface area contributed by atoms with Crippen molar-refractivity contribution < 1.29 is 32.6 Å². The molecule has 0 aliphatic heterocycles. The van der Waals surface area contributed by atoms with E-state index < -0.39 is 25.1 Å². The van der Waals surface area contributed by atoms with Crippen LogP contribution in [0.5, 0.6) is 5.75 Å². The number of esters is 1. The van der Waals surface area contributed by atoms with Gasteiger partial charge in [-0.05, 0) is 43.7 Å². The average molecular weight is 412 g/mol. The largest absolute Gasteiger partial charge is 0.452 e. The highest BCUT2D eigenvalue weighted by Gasteiger charge is 2.22. The highest BCUT2D eigenvalue weighted by Crippen LogP contribution is 2.33. The molecule has 0 saturated heterocycles. The zero-order valence-corrected chi connectivity index (χ0v) is 16.1. The van der Waals surface area contributed by atoms with Crippen molar-refractivity contribution in [3.8, 4) is 5.75 Å². The fraction of sp³-hybridized carbons (Fsp3) is 0.278. The summed E-state index contributed by atoms with van der Waals surface area (Å²) in [7, 11) is 0. The SMILES string of the molecule is CC(=O)Nc1sc(C)c(C)c1C(=O)OCC(=O)Nc1ccc(OC(F)F)cc1. The predicted molar refractivity (Wildman–Crippen MR) is 100 cm³/mol. The third kappa shape index (κ3) is 5.74. The van der Waals surface area contributed by atoms with Crippen LogP contribution in [0.4, 0.5) is 19.5 Å². The first kappa shape index (κ1) is 21.3. The zero-order chi connectivity index (χ0) is 20.8. The van der Waals surface area contributed by atoms with Crippen LogP contribution in [0.2, 0.25) is 0 Å². The summed E-state index contributed by atoms with van der Waals surface area (Å²) in [5, 5.41) is 5.41. The first-order valence-corrected chi connectivity index (χ1v) is 8.88. The Kier molecular flexibility index (Phi) is 7.05. The fourth-order valence-corrected chi connectivity index (χ4v) is 3.34. The average Bonchev–Trinajstić information content (AvgIpc) is 2.87. The Morgan fingerprint density at radius 3 is 2.32 bits per heavy atom. The van der Waals surface area contributed by atoms with Crippen molar-refractivity contribution in [1.82, 2.24) is 0 Å². The highest BCUT2D eigenvalue weighted by molar-refractivity contribution is 7.16. The number of ether oxygens (including phenoxy) is 2. The van der Waals surface area contributed by atoms with Crippen molar-refractivity contribution in [2.24, 2.45) is 0 Å². The lowest BCUT2D eigenvalue weighted by molar-refractivity contribution is -0.119. The van der Waals surface area contributed by atoms with Crippen molar-refractivity contribution in [2.75, 3.05) is 17.2 Å². The Morgan fingerprint density at radius 2 is 1.75 bits per heavy atom. The predicted octanol–water partition coefficient (Wildman–Crippen LogP) is 3.72. The monoisotopic (exact) mass is 412 g/mol. The molecule has 0 saturated carbocycles. The second-order valence-electron chi connectivity index (χ2n) is 5.70. The first-order chi connectivity index (χ1) is 13.2. The van der Waals surface area contributed by atoms with Crippen LogP contribution in [0.3, 0.4) is 0 Å². The molecule has 10 heteroatoms. The Balaban J connectivity index is 1.96. The van der Waals surface area contributed by atoms with Gasteiger partial charge in [-0.2, -0.15) is 8.78 Å². The molecule has 0 atom stereocenters. The minimum atomic E-state index is -2.94. The molecule has 0 unspecified atom stereocenters. The molecule has 0 aliphatic rings. The summed E-state index contributed by atoms with van der Waals surface area (Å²) in [6, 6.07) is 5.29. The van der Waals surface area contributed by atoms with E-state index in [0.29, 0.717) is 16.3 Å². The molecule has 0 radical (unpaired) electrons. The second-order valence-corrected chi connectivity index (χ2v) is 6.92. The van der Waals surface area contributed by atoms with Crippen LogP contribution in [-0.4, -0.2) is 31.0 Å².